The summed E-state index contributed by atoms with van der Waals surface area (Å²) in [6.07, 6.45) is 9.03. The summed E-state index contributed by atoms with van der Waals surface area (Å²) in [4.78, 5) is 11.8. The van der Waals surface area contributed by atoms with Crippen molar-refractivity contribution in [3.05, 3.63) is 78.0 Å². The van der Waals surface area contributed by atoms with E-state index < -0.39 is 0 Å². The zero-order valence-electron chi connectivity index (χ0n) is 19.6. The quantitative estimate of drug-likeness (QED) is 0.360. The maximum absolute atomic E-state index is 14.4. The topological polar surface area (TPSA) is 65.5 Å². The molecule has 0 N–H and O–H groups in total. The van der Waals surface area contributed by atoms with E-state index in [0.29, 0.717) is 29.0 Å². The maximum Gasteiger partial charge on any atom is 0.213 e. The minimum atomic E-state index is -0.336. The van der Waals surface area contributed by atoms with Gasteiger partial charge in [0, 0.05) is 53.7 Å². The van der Waals surface area contributed by atoms with Crippen LogP contribution in [-0.2, 0) is 24.4 Å². The molecule has 182 valence electrons. The molecule has 0 amide bonds. The van der Waals surface area contributed by atoms with E-state index >= 15 is 0 Å². The van der Waals surface area contributed by atoms with Crippen LogP contribution in [0.5, 0.6) is 5.88 Å². The molecule has 1 atom stereocenters. The highest BCUT2D eigenvalue weighted by atomic mass is 19.1. The van der Waals surface area contributed by atoms with Gasteiger partial charge in [-0.25, -0.2) is 14.4 Å². The number of pyridine rings is 1. The molecule has 0 spiro atoms. The zero-order chi connectivity index (χ0) is 23.6. The Morgan fingerprint density at radius 3 is 2.83 bits per heavy atom. The fourth-order valence-electron chi connectivity index (χ4n) is 4.93. The lowest BCUT2D eigenvalue weighted by Gasteiger charge is -2.32. The lowest BCUT2D eigenvalue weighted by Crippen LogP contribution is -2.35. The molecule has 3 aromatic heterocycles. The first-order valence-electron chi connectivity index (χ1n) is 12.3. The van der Waals surface area contributed by atoms with Crippen molar-refractivity contribution in [2.75, 3.05) is 19.7 Å². The number of hydrogen-bond acceptors (Lipinski definition) is 6. The number of nitrogens with zero attached hydrogens (tertiary/aromatic N) is 4. The number of imidazole rings is 1. The predicted octanol–water partition coefficient (Wildman–Crippen LogP) is 4.91. The molecule has 6 rings (SSSR count). The second-order valence-electron chi connectivity index (χ2n) is 9.42. The smallest absolute Gasteiger partial charge is 0.213 e. The molecule has 0 saturated carbocycles. The molecule has 2 saturated heterocycles. The van der Waals surface area contributed by atoms with E-state index in [1.165, 1.54) is 6.07 Å². The van der Waals surface area contributed by atoms with Crippen molar-refractivity contribution >= 4 is 11.0 Å². The van der Waals surface area contributed by atoms with Crippen LogP contribution < -0.4 is 4.74 Å². The number of aromatic nitrogens is 3. The van der Waals surface area contributed by atoms with Crippen LogP contribution in [0, 0.1) is 5.82 Å². The molecule has 2 fully saturated rings. The second kappa shape index (κ2) is 9.79. The van der Waals surface area contributed by atoms with Crippen LogP contribution in [0.4, 0.5) is 4.39 Å². The number of furan rings is 1. The molecule has 7 nitrogen and oxygen atoms in total. The van der Waals surface area contributed by atoms with E-state index in [0.717, 1.165) is 69.0 Å². The van der Waals surface area contributed by atoms with Gasteiger partial charge in [-0.05, 0) is 50.6 Å². The van der Waals surface area contributed by atoms with Gasteiger partial charge in [0.2, 0.25) is 5.88 Å². The van der Waals surface area contributed by atoms with Gasteiger partial charge in [0.1, 0.15) is 23.8 Å². The van der Waals surface area contributed by atoms with Crippen molar-refractivity contribution in [2.24, 2.45) is 0 Å². The summed E-state index contributed by atoms with van der Waals surface area (Å²) in [5, 5.41) is 0.859. The molecular formula is C27H29FN4O3. The highest BCUT2D eigenvalue weighted by molar-refractivity contribution is 5.77. The zero-order valence-corrected chi connectivity index (χ0v) is 19.6. The molecular weight excluding hydrogens is 447 g/mol. The van der Waals surface area contributed by atoms with Crippen LogP contribution in [0.1, 0.15) is 42.3 Å². The first-order chi connectivity index (χ1) is 17.2. The van der Waals surface area contributed by atoms with Crippen LogP contribution in [0.25, 0.3) is 11.0 Å². The average Bonchev–Trinajstić information content (AvgIpc) is 3.49. The van der Waals surface area contributed by atoms with Crippen molar-refractivity contribution in [3.8, 4) is 5.88 Å². The molecule has 5 heterocycles. The van der Waals surface area contributed by atoms with E-state index in [1.54, 1.807) is 12.3 Å². The van der Waals surface area contributed by atoms with Crippen LogP contribution in [0.2, 0.25) is 0 Å². The number of hydrogen-bond donors (Lipinski definition) is 0. The number of piperidine rings is 1. The Morgan fingerprint density at radius 2 is 2.00 bits per heavy atom. The van der Waals surface area contributed by atoms with Gasteiger partial charge in [-0.2, -0.15) is 0 Å². The molecule has 1 aromatic carbocycles. The summed E-state index contributed by atoms with van der Waals surface area (Å²) < 4.78 is 33.3. The molecule has 0 bridgehead atoms. The van der Waals surface area contributed by atoms with Gasteiger partial charge in [-0.15, -0.1) is 0 Å². The summed E-state index contributed by atoms with van der Waals surface area (Å²) >= 11 is 0. The number of fused-ring (bicyclic) bond motifs is 1. The monoisotopic (exact) mass is 476 g/mol. The predicted molar refractivity (Wildman–Crippen MR) is 129 cm³/mol. The molecule has 2 aliphatic rings. The molecule has 0 radical (unpaired) electrons. The Labute approximate surface area is 203 Å². The molecule has 0 unspecified atom stereocenters. The second-order valence-corrected chi connectivity index (χ2v) is 9.42. The minimum Gasteiger partial charge on any atom is -0.473 e. The first kappa shape index (κ1) is 22.2. The van der Waals surface area contributed by atoms with E-state index in [1.807, 2.05) is 24.4 Å². The van der Waals surface area contributed by atoms with E-state index in [9.17, 15) is 4.39 Å². The Bertz CT molecular complexity index is 1290. The van der Waals surface area contributed by atoms with Gasteiger partial charge in [-0.1, -0.05) is 6.07 Å². The number of ether oxygens (including phenoxy) is 2. The summed E-state index contributed by atoms with van der Waals surface area (Å²) in [6, 6.07) is 10.9. The van der Waals surface area contributed by atoms with Crippen molar-refractivity contribution in [1.29, 1.82) is 0 Å². The third kappa shape index (κ3) is 4.94. The number of rotatable bonds is 8. The summed E-state index contributed by atoms with van der Waals surface area (Å²) in [7, 11) is 0. The molecule has 0 aliphatic carbocycles. The highest BCUT2D eigenvalue weighted by Gasteiger charge is 2.24. The summed E-state index contributed by atoms with van der Waals surface area (Å²) in [6.45, 7) is 4.75. The summed E-state index contributed by atoms with van der Waals surface area (Å²) in [5.41, 5.74) is 2.06. The van der Waals surface area contributed by atoms with Crippen molar-refractivity contribution < 1.29 is 18.3 Å². The number of benzene rings is 1. The van der Waals surface area contributed by atoms with Gasteiger partial charge >= 0.3 is 0 Å². The Kier molecular flexibility index (Phi) is 6.22. The Balaban J connectivity index is 1.04. The Morgan fingerprint density at radius 1 is 1.11 bits per heavy atom. The summed E-state index contributed by atoms with van der Waals surface area (Å²) in [5.74, 6) is 1.68. The van der Waals surface area contributed by atoms with Crippen LogP contribution in [0.3, 0.4) is 0 Å². The maximum atomic E-state index is 14.4. The Hall–Kier alpha value is -3.23. The molecule has 2 aliphatic heterocycles. The normalized spacial score (nSPS) is 19.2. The fraction of sp³-hybridized carbons (Fsp3) is 0.407. The minimum absolute atomic E-state index is 0.125. The third-order valence-electron chi connectivity index (χ3n) is 7.11. The van der Waals surface area contributed by atoms with E-state index in [2.05, 4.69) is 26.7 Å². The number of halogens is 1. The lowest BCUT2D eigenvalue weighted by atomic mass is 9.93. The lowest BCUT2D eigenvalue weighted by molar-refractivity contribution is -0.0598. The third-order valence-corrected chi connectivity index (χ3v) is 7.11. The van der Waals surface area contributed by atoms with Crippen molar-refractivity contribution in [2.45, 2.75) is 51.0 Å². The van der Waals surface area contributed by atoms with Crippen LogP contribution in [0.15, 0.2) is 59.5 Å². The number of likely N-dealkylation sites (tertiary alicyclic amines) is 1. The molecule has 8 heteroatoms. The standard InChI is InChI=1S/C27H29FN4O3/c28-23-15-25-20(6-12-34-25)14-21(23)18-35-27-3-1-2-24(30-27)19-4-9-31(10-5-19)17-26-29-8-11-32(26)16-22-7-13-33-22/h1-3,6,8,11-12,14-15,19,22H,4-5,7,9-10,13,16-18H2/t22-/m0/s1. The van der Waals surface area contributed by atoms with Gasteiger partial charge in [0.25, 0.3) is 0 Å². The van der Waals surface area contributed by atoms with Gasteiger partial charge in [-0.3, -0.25) is 4.90 Å². The van der Waals surface area contributed by atoms with E-state index in [4.69, 9.17) is 18.9 Å². The van der Waals surface area contributed by atoms with Crippen molar-refractivity contribution in [3.63, 3.8) is 0 Å². The fourth-order valence-corrected chi connectivity index (χ4v) is 4.93. The molecule has 4 aromatic rings. The highest BCUT2D eigenvalue weighted by Crippen LogP contribution is 2.29. The first-order valence-corrected chi connectivity index (χ1v) is 12.3. The van der Waals surface area contributed by atoms with E-state index in [-0.39, 0.29) is 12.4 Å². The molecule has 35 heavy (non-hydrogen) atoms. The van der Waals surface area contributed by atoms with Crippen molar-refractivity contribution in [1.82, 2.24) is 19.4 Å². The van der Waals surface area contributed by atoms with Gasteiger partial charge in [0.15, 0.2) is 0 Å². The average molecular weight is 477 g/mol. The van der Waals surface area contributed by atoms with Crippen LogP contribution >= 0.6 is 0 Å². The SMILES string of the molecule is Fc1cc2occc2cc1COc1cccc(C2CCN(Cc3nccn3C[C@@H]3CCO3)CC2)n1. The van der Waals surface area contributed by atoms with Gasteiger partial charge < -0.3 is 18.5 Å². The van der Waals surface area contributed by atoms with Gasteiger partial charge in [0.05, 0.1) is 25.5 Å². The largest absolute Gasteiger partial charge is 0.473 e. The van der Waals surface area contributed by atoms with Crippen LogP contribution in [-0.4, -0.2) is 45.2 Å².